The van der Waals surface area contributed by atoms with Crippen LogP contribution in [0.3, 0.4) is 0 Å². The van der Waals surface area contributed by atoms with Crippen molar-refractivity contribution in [3.63, 3.8) is 0 Å². The Hall–Kier alpha value is -0.820. The van der Waals surface area contributed by atoms with Gasteiger partial charge in [0.15, 0.2) is 0 Å². The lowest BCUT2D eigenvalue weighted by Crippen LogP contribution is -2.46. The molecule has 1 aromatic carbocycles. The summed E-state index contributed by atoms with van der Waals surface area (Å²) >= 11 is 0. The van der Waals surface area contributed by atoms with Crippen LogP contribution in [0, 0.1) is 11.8 Å². The summed E-state index contributed by atoms with van der Waals surface area (Å²) in [6, 6.07) is 9.84. The Bertz CT molecular complexity index is 454. The lowest BCUT2D eigenvalue weighted by Gasteiger charge is -2.45. The summed E-state index contributed by atoms with van der Waals surface area (Å²) in [5.41, 5.74) is 9.72. The first kappa shape index (κ1) is 14.1. The Morgan fingerprint density at radius 3 is 2.30 bits per heavy atom. The standard InChI is InChI=1S/C19H29N/c1-19(2,3)15-10-7-13(8-11-15)16-12-9-14-5-4-6-17(16)18(14)20/h7-8,10-11,14,16-18H,4-6,9,12,20H2,1-3H3/t14?,16?,17-,18?/m0/s1. The number of nitrogens with two attached hydrogens (primary N) is 1. The third-order valence-electron chi connectivity index (χ3n) is 5.72. The third-order valence-corrected chi connectivity index (χ3v) is 5.72. The molecule has 0 aliphatic heterocycles. The number of benzene rings is 1. The molecular weight excluding hydrogens is 242 g/mol. The van der Waals surface area contributed by atoms with Crippen molar-refractivity contribution in [3.05, 3.63) is 35.4 Å². The average Bonchev–Trinajstić information content (AvgIpc) is 2.38. The molecule has 0 amide bonds. The third kappa shape index (κ3) is 2.53. The summed E-state index contributed by atoms with van der Waals surface area (Å²) in [6.45, 7) is 6.85. The van der Waals surface area contributed by atoms with Crippen LogP contribution in [0.5, 0.6) is 0 Å². The maximum Gasteiger partial charge on any atom is 0.0101 e. The van der Waals surface area contributed by atoms with Gasteiger partial charge in [-0.25, -0.2) is 0 Å². The summed E-state index contributed by atoms with van der Waals surface area (Å²) in [4.78, 5) is 0. The fourth-order valence-corrected chi connectivity index (χ4v) is 4.41. The highest BCUT2D eigenvalue weighted by Gasteiger charge is 2.40. The molecule has 2 aliphatic rings. The van der Waals surface area contributed by atoms with Crippen LogP contribution < -0.4 is 5.73 Å². The van der Waals surface area contributed by atoms with Crippen molar-refractivity contribution in [1.82, 2.24) is 0 Å². The van der Waals surface area contributed by atoms with Gasteiger partial charge in [-0.15, -0.1) is 0 Å². The number of hydrogen-bond donors (Lipinski definition) is 1. The quantitative estimate of drug-likeness (QED) is 0.793. The van der Waals surface area contributed by atoms with E-state index in [-0.39, 0.29) is 5.41 Å². The van der Waals surface area contributed by atoms with E-state index in [0.29, 0.717) is 12.0 Å². The van der Waals surface area contributed by atoms with E-state index in [0.717, 1.165) is 11.8 Å². The molecule has 3 rings (SSSR count). The number of hydrogen-bond acceptors (Lipinski definition) is 1. The molecule has 0 radical (unpaired) electrons. The Labute approximate surface area is 124 Å². The predicted molar refractivity (Wildman–Crippen MR) is 85.9 cm³/mol. The minimum Gasteiger partial charge on any atom is -0.327 e. The molecule has 0 heterocycles. The van der Waals surface area contributed by atoms with E-state index in [4.69, 9.17) is 5.73 Å². The van der Waals surface area contributed by atoms with Crippen molar-refractivity contribution in [2.75, 3.05) is 0 Å². The van der Waals surface area contributed by atoms with Crippen molar-refractivity contribution in [3.8, 4) is 0 Å². The van der Waals surface area contributed by atoms with Gasteiger partial charge in [-0.3, -0.25) is 0 Å². The summed E-state index contributed by atoms with van der Waals surface area (Å²) in [5.74, 6) is 2.23. The molecular formula is C19H29N. The van der Waals surface area contributed by atoms with Gasteiger partial charge in [-0.05, 0) is 60.0 Å². The second-order valence-electron chi connectivity index (χ2n) is 7.99. The van der Waals surface area contributed by atoms with Gasteiger partial charge >= 0.3 is 0 Å². The summed E-state index contributed by atoms with van der Waals surface area (Å²) in [5, 5.41) is 0. The van der Waals surface area contributed by atoms with Crippen molar-refractivity contribution in [2.45, 2.75) is 70.3 Å². The molecule has 1 heteroatoms. The van der Waals surface area contributed by atoms with E-state index >= 15 is 0 Å². The molecule has 110 valence electrons. The van der Waals surface area contributed by atoms with Crippen LogP contribution >= 0.6 is 0 Å². The van der Waals surface area contributed by atoms with Crippen LogP contribution in [0.2, 0.25) is 0 Å². The second-order valence-corrected chi connectivity index (χ2v) is 7.99. The maximum absolute atomic E-state index is 6.51. The predicted octanol–water partition coefficient (Wildman–Crippen LogP) is 4.61. The largest absolute Gasteiger partial charge is 0.327 e. The van der Waals surface area contributed by atoms with Gasteiger partial charge in [0.2, 0.25) is 0 Å². The molecule has 1 nitrogen and oxygen atoms in total. The Balaban J connectivity index is 1.82. The Morgan fingerprint density at radius 1 is 0.950 bits per heavy atom. The fourth-order valence-electron chi connectivity index (χ4n) is 4.41. The molecule has 20 heavy (non-hydrogen) atoms. The minimum atomic E-state index is 0.247. The van der Waals surface area contributed by atoms with E-state index in [1.54, 1.807) is 0 Å². The molecule has 2 fully saturated rings. The van der Waals surface area contributed by atoms with E-state index in [2.05, 4.69) is 45.0 Å². The molecule has 0 saturated heterocycles. The van der Waals surface area contributed by atoms with E-state index in [1.165, 1.54) is 43.2 Å². The van der Waals surface area contributed by atoms with E-state index in [1.807, 2.05) is 0 Å². The summed E-state index contributed by atoms with van der Waals surface area (Å²) < 4.78 is 0. The van der Waals surface area contributed by atoms with Crippen molar-refractivity contribution >= 4 is 0 Å². The smallest absolute Gasteiger partial charge is 0.0101 e. The van der Waals surface area contributed by atoms with Gasteiger partial charge in [-0.1, -0.05) is 51.5 Å². The molecule has 0 aromatic heterocycles. The molecule has 2 saturated carbocycles. The first-order valence-electron chi connectivity index (χ1n) is 8.33. The SMILES string of the molecule is CC(C)(C)c1ccc(C2CCC3CCC[C@@H]2C3N)cc1. The average molecular weight is 271 g/mol. The fraction of sp³-hybridized carbons (Fsp3) is 0.684. The lowest BCUT2D eigenvalue weighted by atomic mass is 9.62. The van der Waals surface area contributed by atoms with Crippen LogP contribution in [-0.4, -0.2) is 6.04 Å². The van der Waals surface area contributed by atoms with E-state index in [9.17, 15) is 0 Å². The van der Waals surface area contributed by atoms with Crippen LogP contribution in [0.25, 0.3) is 0 Å². The zero-order valence-electron chi connectivity index (χ0n) is 13.2. The van der Waals surface area contributed by atoms with Crippen molar-refractivity contribution < 1.29 is 0 Å². The van der Waals surface area contributed by atoms with Crippen LogP contribution in [0.15, 0.2) is 24.3 Å². The maximum atomic E-state index is 6.51. The van der Waals surface area contributed by atoms with Gasteiger partial charge in [0.25, 0.3) is 0 Å². The topological polar surface area (TPSA) is 26.0 Å². The van der Waals surface area contributed by atoms with Gasteiger partial charge in [0.05, 0.1) is 0 Å². The normalized spacial score (nSPS) is 34.0. The zero-order chi connectivity index (χ0) is 14.3. The first-order valence-corrected chi connectivity index (χ1v) is 8.33. The van der Waals surface area contributed by atoms with Crippen molar-refractivity contribution in [1.29, 1.82) is 0 Å². The summed E-state index contributed by atoms with van der Waals surface area (Å²) in [7, 11) is 0. The molecule has 0 spiro atoms. The number of fused-ring (bicyclic) bond motifs is 2. The highest BCUT2D eigenvalue weighted by molar-refractivity contribution is 5.30. The Kier molecular flexibility index (Phi) is 3.66. The van der Waals surface area contributed by atoms with Crippen LogP contribution in [0.1, 0.15) is 69.9 Å². The number of rotatable bonds is 1. The van der Waals surface area contributed by atoms with Crippen LogP contribution in [0.4, 0.5) is 0 Å². The highest BCUT2D eigenvalue weighted by atomic mass is 14.7. The van der Waals surface area contributed by atoms with Gasteiger partial charge in [0, 0.05) is 6.04 Å². The molecule has 1 aromatic rings. The molecule has 3 unspecified atom stereocenters. The van der Waals surface area contributed by atoms with Crippen LogP contribution in [-0.2, 0) is 5.41 Å². The Morgan fingerprint density at radius 2 is 1.65 bits per heavy atom. The van der Waals surface area contributed by atoms with Gasteiger partial charge in [0.1, 0.15) is 0 Å². The van der Waals surface area contributed by atoms with Crippen molar-refractivity contribution in [2.24, 2.45) is 17.6 Å². The highest BCUT2D eigenvalue weighted by Crippen LogP contribution is 2.47. The minimum absolute atomic E-state index is 0.247. The van der Waals surface area contributed by atoms with Gasteiger partial charge < -0.3 is 5.73 Å². The molecule has 2 bridgehead atoms. The van der Waals surface area contributed by atoms with E-state index < -0.39 is 0 Å². The second kappa shape index (κ2) is 5.18. The molecule has 2 N–H and O–H groups in total. The van der Waals surface area contributed by atoms with Gasteiger partial charge in [-0.2, -0.15) is 0 Å². The molecule has 4 atom stereocenters. The lowest BCUT2D eigenvalue weighted by molar-refractivity contribution is 0.128. The first-order chi connectivity index (χ1) is 9.47. The monoisotopic (exact) mass is 271 g/mol. The zero-order valence-corrected chi connectivity index (χ0v) is 13.2. The molecule has 2 aliphatic carbocycles. The summed E-state index contributed by atoms with van der Waals surface area (Å²) in [6.07, 6.45) is 6.78.